The standard InChI is InChI=1S/C14H15BN4O2/c1-19-3-2-10(11(20)7-19)18-14-13(15)9-4-8(5-16)21-12(9)6-17-14/h4,6,10-11,20H,2-3,7H2,1H3,(H,17,18)/t10-,11+/m1/s1. The molecular weight excluding hydrogens is 267 g/mol. The van der Waals surface area contributed by atoms with Crippen LogP contribution in [0, 0.1) is 11.3 Å². The molecule has 106 valence electrons. The average molecular weight is 282 g/mol. The van der Waals surface area contributed by atoms with Gasteiger partial charge in [0.2, 0.25) is 5.76 Å². The monoisotopic (exact) mass is 282 g/mol. The molecule has 0 amide bonds. The number of nitrogens with one attached hydrogen (secondary N) is 1. The van der Waals surface area contributed by atoms with Crippen LogP contribution in [-0.4, -0.2) is 55.1 Å². The molecule has 1 aliphatic heterocycles. The number of furan rings is 1. The molecule has 1 saturated heterocycles. The first-order chi connectivity index (χ1) is 10.1. The second-order valence-electron chi connectivity index (χ2n) is 5.39. The minimum atomic E-state index is -0.473. The Morgan fingerprint density at radius 3 is 3.14 bits per heavy atom. The molecule has 0 spiro atoms. The number of hydrogen-bond acceptors (Lipinski definition) is 6. The number of anilines is 1. The maximum absolute atomic E-state index is 10.1. The van der Waals surface area contributed by atoms with Gasteiger partial charge < -0.3 is 19.7 Å². The lowest BCUT2D eigenvalue weighted by molar-refractivity contribution is 0.0728. The van der Waals surface area contributed by atoms with Gasteiger partial charge in [-0.1, -0.05) is 0 Å². The predicted molar refractivity (Wildman–Crippen MR) is 79.6 cm³/mol. The number of β-amino-alcohol motifs (C(OH)–C–C–N with tert-alkyl or cyclic N) is 1. The van der Waals surface area contributed by atoms with Gasteiger partial charge in [0.05, 0.1) is 18.3 Å². The lowest BCUT2D eigenvalue weighted by Crippen LogP contribution is -2.48. The van der Waals surface area contributed by atoms with Crippen LogP contribution in [0.2, 0.25) is 0 Å². The largest absolute Gasteiger partial charge is 0.444 e. The number of piperidine rings is 1. The van der Waals surface area contributed by atoms with Crippen LogP contribution in [0.1, 0.15) is 12.2 Å². The van der Waals surface area contributed by atoms with E-state index in [0.29, 0.717) is 28.8 Å². The number of likely N-dealkylation sites (N-methyl/N-ethyl adjacent to an activating group) is 1. The third kappa shape index (κ3) is 2.60. The summed E-state index contributed by atoms with van der Waals surface area (Å²) >= 11 is 0. The van der Waals surface area contributed by atoms with E-state index in [-0.39, 0.29) is 11.8 Å². The van der Waals surface area contributed by atoms with E-state index in [1.807, 2.05) is 13.1 Å². The van der Waals surface area contributed by atoms with Gasteiger partial charge in [0.1, 0.15) is 19.7 Å². The Balaban J connectivity index is 1.87. The van der Waals surface area contributed by atoms with E-state index >= 15 is 0 Å². The molecule has 7 heteroatoms. The first-order valence-corrected chi connectivity index (χ1v) is 6.79. The third-order valence-electron chi connectivity index (χ3n) is 3.83. The number of nitriles is 1. The van der Waals surface area contributed by atoms with E-state index in [4.69, 9.17) is 17.5 Å². The van der Waals surface area contributed by atoms with Gasteiger partial charge in [0, 0.05) is 18.0 Å². The van der Waals surface area contributed by atoms with Gasteiger partial charge in [-0.05, 0) is 25.5 Å². The highest BCUT2D eigenvalue weighted by Crippen LogP contribution is 2.20. The molecule has 2 aromatic heterocycles. The molecule has 0 unspecified atom stereocenters. The van der Waals surface area contributed by atoms with Gasteiger partial charge in [0.15, 0.2) is 5.58 Å². The van der Waals surface area contributed by atoms with Crippen molar-refractivity contribution in [2.75, 3.05) is 25.5 Å². The Bertz CT molecular complexity index is 709. The van der Waals surface area contributed by atoms with Crippen molar-refractivity contribution in [3.8, 4) is 6.07 Å². The van der Waals surface area contributed by atoms with Crippen molar-refractivity contribution in [3.63, 3.8) is 0 Å². The Labute approximate surface area is 123 Å². The van der Waals surface area contributed by atoms with Crippen LogP contribution in [0.5, 0.6) is 0 Å². The molecule has 1 aliphatic rings. The number of rotatable bonds is 2. The van der Waals surface area contributed by atoms with Crippen LogP contribution in [0.25, 0.3) is 11.0 Å². The summed E-state index contributed by atoms with van der Waals surface area (Å²) in [5.74, 6) is 0.719. The number of likely N-dealkylation sites (tertiary alicyclic amines) is 1. The molecule has 2 radical (unpaired) electrons. The smallest absolute Gasteiger partial charge is 0.204 e. The summed E-state index contributed by atoms with van der Waals surface area (Å²) in [5.41, 5.74) is 0.919. The normalized spacial score (nSPS) is 23.1. The molecule has 0 bridgehead atoms. The molecule has 0 aromatic carbocycles. The van der Waals surface area contributed by atoms with E-state index in [9.17, 15) is 5.11 Å². The van der Waals surface area contributed by atoms with Crippen LogP contribution in [0.15, 0.2) is 16.7 Å². The zero-order chi connectivity index (χ0) is 15.0. The third-order valence-corrected chi connectivity index (χ3v) is 3.83. The Morgan fingerprint density at radius 1 is 1.62 bits per heavy atom. The number of hydrogen-bond donors (Lipinski definition) is 2. The van der Waals surface area contributed by atoms with Crippen molar-refractivity contribution < 1.29 is 9.52 Å². The van der Waals surface area contributed by atoms with E-state index in [1.54, 1.807) is 6.07 Å². The van der Waals surface area contributed by atoms with Gasteiger partial charge in [0.25, 0.3) is 0 Å². The van der Waals surface area contributed by atoms with Crippen molar-refractivity contribution in [1.82, 2.24) is 9.88 Å². The summed E-state index contributed by atoms with van der Waals surface area (Å²) in [6, 6.07) is 3.45. The molecule has 21 heavy (non-hydrogen) atoms. The summed E-state index contributed by atoms with van der Waals surface area (Å²) in [5, 5.41) is 22.8. The lowest BCUT2D eigenvalue weighted by Gasteiger charge is -2.34. The molecule has 2 aromatic rings. The second kappa shape index (κ2) is 5.39. The van der Waals surface area contributed by atoms with Crippen LogP contribution in [0.3, 0.4) is 0 Å². The summed E-state index contributed by atoms with van der Waals surface area (Å²) in [6.07, 6.45) is 1.88. The quantitative estimate of drug-likeness (QED) is 0.752. The van der Waals surface area contributed by atoms with E-state index in [2.05, 4.69) is 15.2 Å². The van der Waals surface area contributed by atoms with E-state index in [1.165, 1.54) is 6.20 Å². The highest BCUT2D eigenvalue weighted by atomic mass is 16.3. The van der Waals surface area contributed by atoms with Gasteiger partial charge in [-0.15, -0.1) is 0 Å². The molecule has 2 atom stereocenters. The number of fused-ring (bicyclic) bond motifs is 1. The molecule has 1 fully saturated rings. The fourth-order valence-electron chi connectivity index (χ4n) is 2.64. The first-order valence-electron chi connectivity index (χ1n) is 6.79. The molecule has 3 heterocycles. The van der Waals surface area contributed by atoms with Crippen LogP contribution >= 0.6 is 0 Å². The van der Waals surface area contributed by atoms with Crippen molar-refractivity contribution in [2.24, 2.45) is 0 Å². The zero-order valence-corrected chi connectivity index (χ0v) is 11.7. The van der Waals surface area contributed by atoms with Gasteiger partial charge in [-0.3, -0.25) is 0 Å². The first kappa shape index (κ1) is 13.9. The summed E-state index contributed by atoms with van der Waals surface area (Å²) in [4.78, 5) is 6.32. The van der Waals surface area contributed by atoms with E-state index < -0.39 is 6.10 Å². The number of aliphatic hydroxyl groups excluding tert-OH is 1. The molecular formula is C14H15BN4O2. The topological polar surface area (TPSA) is 85.3 Å². The number of pyridine rings is 1. The minimum Gasteiger partial charge on any atom is -0.444 e. The van der Waals surface area contributed by atoms with Crippen molar-refractivity contribution >= 4 is 30.1 Å². The molecule has 2 N–H and O–H groups in total. The molecule has 3 rings (SSSR count). The van der Waals surface area contributed by atoms with Crippen LogP contribution < -0.4 is 10.8 Å². The van der Waals surface area contributed by atoms with Gasteiger partial charge in [-0.25, -0.2) is 4.98 Å². The Kier molecular flexibility index (Phi) is 3.58. The number of aliphatic hydroxyl groups is 1. The maximum atomic E-state index is 10.1. The van der Waals surface area contributed by atoms with Crippen molar-refractivity contribution in [1.29, 1.82) is 5.26 Å². The molecule has 0 saturated carbocycles. The lowest BCUT2D eigenvalue weighted by atomic mass is 9.92. The Morgan fingerprint density at radius 2 is 2.43 bits per heavy atom. The average Bonchev–Trinajstić information content (AvgIpc) is 2.88. The van der Waals surface area contributed by atoms with E-state index in [0.717, 1.165) is 13.0 Å². The summed E-state index contributed by atoms with van der Waals surface area (Å²) in [7, 11) is 8.07. The minimum absolute atomic E-state index is 0.0872. The van der Waals surface area contributed by atoms with Crippen LogP contribution in [-0.2, 0) is 0 Å². The van der Waals surface area contributed by atoms with Crippen molar-refractivity contribution in [2.45, 2.75) is 18.6 Å². The highest BCUT2D eigenvalue weighted by Gasteiger charge is 2.26. The molecule has 0 aliphatic carbocycles. The Hall–Kier alpha value is -2.04. The number of nitrogens with zero attached hydrogens (tertiary/aromatic N) is 3. The second-order valence-corrected chi connectivity index (χ2v) is 5.39. The van der Waals surface area contributed by atoms with Crippen molar-refractivity contribution in [3.05, 3.63) is 18.0 Å². The SMILES string of the molecule is [B]c1c(N[C@@H]2CCN(C)C[C@@H]2O)ncc2oc(C#N)cc12. The molecule has 6 nitrogen and oxygen atoms in total. The van der Waals surface area contributed by atoms with Crippen LogP contribution in [0.4, 0.5) is 5.82 Å². The fourth-order valence-corrected chi connectivity index (χ4v) is 2.64. The fraction of sp³-hybridized carbons (Fsp3) is 0.429. The zero-order valence-electron chi connectivity index (χ0n) is 11.7. The van der Waals surface area contributed by atoms with Gasteiger partial charge in [-0.2, -0.15) is 5.26 Å². The predicted octanol–water partition coefficient (Wildman–Crippen LogP) is -0.0298. The van der Waals surface area contributed by atoms with Gasteiger partial charge >= 0.3 is 0 Å². The summed E-state index contributed by atoms with van der Waals surface area (Å²) in [6.45, 7) is 1.52. The highest BCUT2D eigenvalue weighted by molar-refractivity contribution is 6.41. The number of aromatic nitrogens is 1. The maximum Gasteiger partial charge on any atom is 0.204 e. The summed E-state index contributed by atoms with van der Waals surface area (Å²) < 4.78 is 5.29.